The molecule has 0 saturated heterocycles. The fraction of sp³-hybridized carbons (Fsp3) is 0.364. The van der Waals surface area contributed by atoms with Crippen LogP contribution in [-0.4, -0.2) is 23.2 Å². The predicted molar refractivity (Wildman–Crippen MR) is 104 cm³/mol. The zero-order chi connectivity index (χ0) is 18.5. The second kappa shape index (κ2) is 8.17. The van der Waals surface area contributed by atoms with Crippen molar-refractivity contribution in [3.05, 3.63) is 65.2 Å². The molecule has 2 aromatic rings. The van der Waals surface area contributed by atoms with Gasteiger partial charge in [0.25, 0.3) is 0 Å². The molecule has 136 valence electrons. The first-order chi connectivity index (χ1) is 12.7. The quantitative estimate of drug-likeness (QED) is 0.755. The molecule has 0 spiro atoms. The zero-order valence-corrected chi connectivity index (χ0v) is 15.7. The molecule has 0 unspecified atom stereocenters. The van der Waals surface area contributed by atoms with Gasteiger partial charge in [-0.05, 0) is 54.3 Å². The van der Waals surface area contributed by atoms with Crippen molar-refractivity contribution in [2.45, 2.75) is 46.1 Å². The van der Waals surface area contributed by atoms with E-state index in [4.69, 9.17) is 4.74 Å². The van der Waals surface area contributed by atoms with E-state index in [1.54, 1.807) is 5.01 Å². The molecular formula is C22H26N2O2. The maximum Gasteiger partial charge on any atom is 0.242 e. The number of carbonyl (C=O) groups is 1. The topological polar surface area (TPSA) is 41.9 Å². The molecule has 26 heavy (non-hydrogen) atoms. The first-order valence-corrected chi connectivity index (χ1v) is 9.37. The van der Waals surface area contributed by atoms with Crippen LogP contribution in [-0.2, 0) is 11.2 Å². The van der Waals surface area contributed by atoms with Gasteiger partial charge in [0.1, 0.15) is 5.75 Å². The van der Waals surface area contributed by atoms with Crippen LogP contribution in [0.5, 0.6) is 5.75 Å². The first kappa shape index (κ1) is 18.2. The van der Waals surface area contributed by atoms with Gasteiger partial charge >= 0.3 is 0 Å². The summed E-state index contributed by atoms with van der Waals surface area (Å²) >= 11 is 0. The van der Waals surface area contributed by atoms with Gasteiger partial charge in [0.2, 0.25) is 5.91 Å². The SMILES string of the molecule is CCOc1ccc(C2=NN(C(=O)CC)[C@H](c3ccc(CC)cc3)C2)cc1. The molecule has 1 heterocycles. The van der Waals surface area contributed by atoms with Crippen LogP contribution in [0.4, 0.5) is 0 Å². The maximum absolute atomic E-state index is 12.4. The summed E-state index contributed by atoms with van der Waals surface area (Å²) in [5.74, 6) is 0.901. The minimum atomic E-state index is -0.0325. The third kappa shape index (κ3) is 3.79. The van der Waals surface area contributed by atoms with Crippen LogP contribution in [0, 0.1) is 0 Å². The van der Waals surface area contributed by atoms with E-state index in [1.165, 1.54) is 5.56 Å². The van der Waals surface area contributed by atoms with Crippen molar-refractivity contribution in [2.75, 3.05) is 6.61 Å². The Balaban J connectivity index is 1.86. The summed E-state index contributed by atoms with van der Waals surface area (Å²) in [5.41, 5.74) is 4.41. The molecule has 0 N–H and O–H groups in total. The van der Waals surface area contributed by atoms with Crippen LogP contribution >= 0.6 is 0 Å². The summed E-state index contributed by atoms with van der Waals surface area (Å²) in [7, 11) is 0. The third-order valence-corrected chi connectivity index (χ3v) is 4.74. The molecule has 1 aliphatic heterocycles. The first-order valence-electron chi connectivity index (χ1n) is 9.37. The summed E-state index contributed by atoms with van der Waals surface area (Å²) in [6.07, 6.45) is 2.19. The van der Waals surface area contributed by atoms with E-state index in [1.807, 2.05) is 38.1 Å². The Morgan fingerprint density at radius 1 is 1.08 bits per heavy atom. The van der Waals surface area contributed by atoms with Crippen molar-refractivity contribution < 1.29 is 9.53 Å². The van der Waals surface area contributed by atoms with Crippen LogP contribution in [0.15, 0.2) is 53.6 Å². The molecule has 0 aliphatic carbocycles. The van der Waals surface area contributed by atoms with E-state index in [0.29, 0.717) is 13.0 Å². The molecule has 0 saturated carbocycles. The summed E-state index contributed by atoms with van der Waals surface area (Å²) in [5, 5.41) is 6.32. The lowest BCUT2D eigenvalue weighted by Crippen LogP contribution is -2.26. The van der Waals surface area contributed by atoms with Crippen LogP contribution in [0.1, 0.15) is 56.3 Å². The highest BCUT2D eigenvalue weighted by Gasteiger charge is 2.32. The number of hydrogen-bond acceptors (Lipinski definition) is 3. The monoisotopic (exact) mass is 350 g/mol. The Bertz CT molecular complexity index is 779. The number of carbonyl (C=O) groups excluding carboxylic acids is 1. The minimum absolute atomic E-state index is 0.0325. The van der Waals surface area contributed by atoms with Crippen molar-refractivity contribution >= 4 is 11.6 Å². The predicted octanol–water partition coefficient (Wildman–Crippen LogP) is 4.74. The molecule has 1 atom stereocenters. The van der Waals surface area contributed by atoms with Gasteiger partial charge in [0.15, 0.2) is 0 Å². The fourth-order valence-electron chi connectivity index (χ4n) is 3.22. The van der Waals surface area contributed by atoms with Crippen LogP contribution < -0.4 is 4.74 Å². The number of benzene rings is 2. The van der Waals surface area contributed by atoms with Crippen molar-refractivity contribution in [3.63, 3.8) is 0 Å². The average molecular weight is 350 g/mol. The van der Waals surface area contributed by atoms with Gasteiger partial charge in [-0.25, -0.2) is 5.01 Å². The Hall–Kier alpha value is -2.62. The smallest absolute Gasteiger partial charge is 0.242 e. The molecule has 0 bridgehead atoms. The van der Waals surface area contributed by atoms with E-state index >= 15 is 0 Å². The summed E-state index contributed by atoms with van der Waals surface area (Å²) in [6, 6.07) is 16.4. The lowest BCUT2D eigenvalue weighted by molar-refractivity contribution is -0.132. The van der Waals surface area contributed by atoms with E-state index in [-0.39, 0.29) is 11.9 Å². The van der Waals surface area contributed by atoms with Gasteiger partial charge in [-0.1, -0.05) is 38.1 Å². The summed E-state index contributed by atoms with van der Waals surface area (Å²) in [6.45, 7) is 6.64. The number of hydrazone groups is 1. The Morgan fingerprint density at radius 2 is 1.77 bits per heavy atom. The van der Waals surface area contributed by atoms with Crippen LogP contribution in [0.2, 0.25) is 0 Å². The van der Waals surface area contributed by atoms with Crippen LogP contribution in [0.25, 0.3) is 0 Å². The highest BCUT2D eigenvalue weighted by molar-refractivity contribution is 6.03. The normalized spacial score (nSPS) is 16.5. The molecule has 0 radical (unpaired) electrons. The highest BCUT2D eigenvalue weighted by atomic mass is 16.5. The van der Waals surface area contributed by atoms with Gasteiger partial charge in [-0.2, -0.15) is 5.10 Å². The Labute approximate surface area is 155 Å². The maximum atomic E-state index is 12.4. The molecule has 4 heteroatoms. The Morgan fingerprint density at radius 3 is 2.35 bits per heavy atom. The molecule has 4 nitrogen and oxygen atoms in total. The third-order valence-electron chi connectivity index (χ3n) is 4.74. The van der Waals surface area contributed by atoms with Gasteiger partial charge in [-0.15, -0.1) is 0 Å². The lowest BCUT2D eigenvalue weighted by Gasteiger charge is -2.21. The molecule has 0 fully saturated rings. The second-order valence-corrected chi connectivity index (χ2v) is 6.41. The lowest BCUT2D eigenvalue weighted by atomic mass is 9.97. The van der Waals surface area contributed by atoms with Crippen molar-refractivity contribution in [2.24, 2.45) is 5.10 Å². The Kier molecular flexibility index (Phi) is 5.71. The molecule has 1 amide bonds. The number of rotatable bonds is 6. The number of aryl methyl sites for hydroxylation is 1. The molecule has 2 aromatic carbocycles. The minimum Gasteiger partial charge on any atom is -0.494 e. The fourth-order valence-corrected chi connectivity index (χ4v) is 3.22. The van der Waals surface area contributed by atoms with Crippen molar-refractivity contribution in [1.29, 1.82) is 0 Å². The zero-order valence-electron chi connectivity index (χ0n) is 15.7. The van der Waals surface area contributed by atoms with E-state index in [9.17, 15) is 4.79 Å². The second-order valence-electron chi connectivity index (χ2n) is 6.41. The van der Waals surface area contributed by atoms with Crippen molar-refractivity contribution in [1.82, 2.24) is 5.01 Å². The van der Waals surface area contributed by atoms with Gasteiger partial charge in [0.05, 0.1) is 18.4 Å². The molecule has 0 aromatic heterocycles. The number of amides is 1. The van der Waals surface area contributed by atoms with Gasteiger partial charge < -0.3 is 4.74 Å². The largest absolute Gasteiger partial charge is 0.494 e. The molecule has 3 rings (SSSR count). The van der Waals surface area contributed by atoms with Gasteiger partial charge in [0, 0.05) is 12.8 Å². The van der Waals surface area contributed by atoms with Gasteiger partial charge in [-0.3, -0.25) is 4.79 Å². The average Bonchev–Trinajstić information content (AvgIpc) is 3.13. The standard InChI is InChI=1S/C22H26N2O2/c1-4-16-7-9-18(10-8-16)21-15-20(23-24(21)22(25)5-2)17-11-13-19(14-12-17)26-6-3/h7-14,21H,4-6,15H2,1-3H3/t21-/m0/s1. The van der Waals surface area contributed by atoms with E-state index in [0.717, 1.165) is 35.4 Å². The van der Waals surface area contributed by atoms with E-state index < -0.39 is 0 Å². The number of ether oxygens (including phenoxy) is 1. The molecule has 1 aliphatic rings. The molecular weight excluding hydrogens is 324 g/mol. The summed E-state index contributed by atoms with van der Waals surface area (Å²) in [4.78, 5) is 12.4. The highest BCUT2D eigenvalue weighted by Crippen LogP contribution is 2.33. The summed E-state index contributed by atoms with van der Waals surface area (Å²) < 4.78 is 5.51. The number of nitrogens with zero attached hydrogens (tertiary/aromatic N) is 2. The van der Waals surface area contributed by atoms with Crippen molar-refractivity contribution in [3.8, 4) is 5.75 Å². The van der Waals surface area contributed by atoms with E-state index in [2.05, 4.69) is 36.3 Å². The van der Waals surface area contributed by atoms with Crippen LogP contribution in [0.3, 0.4) is 0 Å². The number of hydrogen-bond donors (Lipinski definition) is 0.